The number of hydrogen-bond donors (Lipinski definition) is 2. The Kier molecular flexibility index (Phi) is 3.58. The molecule has 0 atom stereocenters. The molecule has 0 radical (unpaired) electrons. The number of amides is 1. The molecule has 1 amide bonds. The number of primary amides is 1. The zero-order valence-electron chi connectivity index (χ0n) is 11.3. The number of rotatable bonds is 3. The average molecular weight is 278 g/mol. The van der Waals surface area contributed by atoms with Crippen molar-refractivity contribution in [3.63, 3.8) is 0 Å². The van der Waals surface area contributed by atoms with Crippen LogP contribution in [0.2, 0.25) is 0 Å². The smallest absolute Gasteiger partial charge is 0.250 e. The monoisotopic (exact) mass is 278 g/mol. The van der Waals surface area contributed by atoms with Crippen LogP contribution in [-0.2, 0) is 0 Å². The molecule has 0 aromatic heterocycles. The summed E-state index contributed by atoms with van der Waals surface area (Å²) in [5.41, 5.74) is 6.35. The van der Waals surface area contributed by atoms with Gasteiger partial charge in [0.15, 0.2) is 0 Å². The van der Waals surface area contributed by atoms with Gasteiger partial charge in [-0.1, -0.05) is 0 Å². The summed E-state index contributed by atoms with van der Waals surface area (Å²) in [5.74, 6) is -1.01. The topological polar surface area (TPSA) is 61.6 Å². The summed E-state index contributed by atoms with van der Waals surface area (Å²) in [6.45, 7) is 5.71. The molecule has 1 aromatic carbocycles. The van der Waals surface area contributed by atoms with Crippen molar-refractivity contribution in [1.82, 2.24) is 10.2 Å². The molecule has 2 saturated heterocycles. The Morgan fingerprint density at radius 1 is 1.25 bits per heavy atom. The summed E-state index contributed by atoms with van der Waals surface area (Å²) < 4.78 is 13.3. The van der Waals surface area contributed by atoms with Crippen molar-refractivity contribution in [2.24, 2.45) is 5.73 Å². The van der Waals surface area contributed by atoms with Gasteiger partial charge in [0, 0.05) is 51.0 Å². The van der Waals surface area contributed by atoms with Crippen molar-refractivity contribution < 1.29 is 9.18 Å². The molecular formula is C14H19FN4O. The van der Waals surface area contributed by atoms with Crippen molar-refractivity contribution in [1.29, 1.82) is 0 Å². The number of carbonyl (C=O) groups is 1. The van der Waals surface area contributed by atoms with Gasteiger partial charge >= 0.3 is 0 Å². The lowest BCUT2D eigenvalue weighted by atomic mass is 10.1. The summed E-state index contributed by atoms with van der Waals surface area (Å²) in [5, 5.41) is 3.27. The average Bonchev–Trinajstić information content (AvgIpc) is 2.38. The maximum absolute atomic E-state index is 13.3. The summed E-state index contributed by atoms with van der Waals surface area (Å²) in [6, 6.07) is 4.89. The third-order valence-corrected chi connectivity index (χ3v) is 4.16. The number of halogens is 1. The molecule has 2 aliphatic rings. The van der Waals surface area contributed by atoms with E-state index >= 15 is 0 Å². The molecule has 1 aromatic rings. The van der Waals surface area contributed by atoms with E-state index in [1.165, 1.54) is 12.1 Å². The fourth-order valence-electron chi connectivity index (χ4n) is 2.84. The van der Waals surface area contributed by atoms with Crippen LogP contribution in [0.1, 0.15) is 10.4 Å². The highest BCUT2D eigenvalue weighted by Gasteiger charge is 2.28. The molecule has 20 heavy (non-hydrogen) atoms. The van der Waals surface area contributed by atoms with Crippen LogP contribution in [0.4, 0.5) is 10.1 Å². The van der Waals surface area contributed by atoms with Crippen LogP contribution in [-0.4, -0.2) is 56.1 Å². The molecule has 108 valence electrons. The number of benzene rings is 1. The number of carbonyl (C=O) groups excluding carboxylic acids is 1. The third-order valence-electron chi connectivity index (χ3n) is 4.16. The van der Waals surface area contributed by atoms with Gasteiger partial charge in [-0.25, -0.2) is 4.39 Å². The van der Waals surface area contributed by atoms with Gasteiger partial charge in [0.05, 0.1) is 5.56 Å². The predicted molar refractivity (Wildman–Crippen MR) is 75.4 cm³/mol. The molecule has 0 aliphatic carbocycles. The van der Waals surface area contributed by atoms with Crippen LogP contribution in [0, 0.1) is 5.82 Å². The van der Waals surface area contributed by atoms with Crippen molar-refractivity contribution in [3.05, 3.63) is 29.6 Å². The fourth-order valence-corrected chi connectivity index (χ4v) is 2.84. The predicted octanol–water partition coefficient (Wildman–Crippen LogP) is 0.0184. The molecule has 0 saturated carbocycles. The first kappa shape index (κ1) is 13.3. The number of nitrogens with zero attached hydrogens (tertiary/aromatic N) is 2. The van der Waals surface area contributed by atoms with E-state index in [1.54, 1.807) is 6.07 Å². The van der Waals surface area contributed by atoms with Gasteiger partial charge in [0.25, 0.3) is 5.91 Å². The molecule has 0 spiro atoms. The minimum absolute atomic E-state index is 0.267. The molecule has 3 N–H and O–H groups in total. The Bertz CT molecular complexity index is 510. The standard InChI is InChI=1S/C14H19FN4O/c15-10-1-2-13(12(7-10)14(16)20)19-5-3-18(4-6-19)11-8-17-9-11/h1-2,7,11,17H,3-6,8-9H2,(H2,16,20). The number of piperazine rings is 1. The van der Waals surface area contributed by atoms with Gasteiger partial charge in [-0.2, -0.15) is 0 Å². The largest absolute Gasteiger partial charge is 0.368 e. The van der Waals surface area contributed by atoms with E-state index in [1.807, 2.05) is 0 Å². The van der Waals surface area contributed by atoms with Gasteiger partial charge in [-0.15, -0.1) is 0 Å². The third kappa shape index (κ3) is 2.48. The summed E-state index contributed by atoms with van der Waals surface area (Å²) in [6.07, 6.45) is 0. The quantitative estimate of drug-likeness (QED) is 0.818. The highest BCUT2D eigenvalue weighted by molar-refractivity contribution is 5.98. The second kappa shape index (κ2) is 5.38. The molecule has 3 rings (SSSR count). The van der Waals surface area contributed by atoms with Crippen LogP contribution in [0.5, 0.6) is 0 Å². The van der Waals surface area contributed by atoms with Gasteiger partial charge in [-0.3, -0.25) is 9.69 Å². The normalized spacial score (nSPS) is 20.8. The van der Waals surface area contributed by atoms with Crippen LogP contribution in [0.3, 0.4) is 0 Å². The minimum atomic E-state index is -0.579. The van der Waals surface area contributed by atoms with Crippen molar-refractivity contribution >= 4 is 11.6 Å². The summed E-state index contributed by atoms with van der Waals surface area (Å²) >= 11 is 0. The lowest BCUT2D eigenvalue weighted by molar-refractivity contribution is 0.0999. The Morgan fingerprint density at radius 3 is 2.50 bits per heavy atom. The Morgan fingerprint density at radius 2 is 1.95 bits per heavy atom. The minimum Gasteiger partial charge on any atom is -0.368 e. The molecule has 6 heteroatoms. The van der Waals surface area contributed by atoms with Crippen LogP contribution in [0.25, 0.3) is 0 Å². The highest BCUT2D eigenvalue weighted by Crippen LogP contribution is 2.23. The summed E-state index contributed by atoms with van der Waals surface area (Å²) in [7, 11) is 0. The maximum atomic E-state index is 13.3. The van der Waals surface area contributed by atoms with Gasteiger partial charge in [0.2, 0.25) is 0 Å². The van der Waals surface area contributed by atoms with Crippen LogP contribution in [0.15, 0.2) is 18.2 Å². The van der Waals surface area contributed by atoms with Crippen LogP contribution < -0.4 is 16.0 Å². The molecule has 0 bridgehead atoms. The molecular weight excluding hydrogens is 259 g/mol. The highest BCUT2D eigenvalue weighted by atomic mass is 19.1. The second-order valence-electron chi connectivity index (χ2n) is 5.36. The molecule has 2 heterocycles. The van der Waals surface area contributed by atoms with E-state index in [0.717, 1.165) is 45.0 Å². The van der Waals surface area contributed by atoms with E-state index in [2.05, 4.69) is 15.1 Å². The van der Waals surface area contributed by atoms with E-state index in [0.29, 0.717) is 6.04 Å². The second-order valence-corrected chi connectivity index (χ2v) is 5.36. The van der Waals surface area contributed by atoms with E-state index in [-0.39, 0.29) is 5.56 Å². The van der Waals surface area contributed by atoms with Crippen molar-refractivity contribution in [2.75, 3.05) is 44.2 Å². The number of anilines is 1. The lowest BCUT2D eigenvalue weighted by Gasteiger charge is -2.44. The van der Waals surface area contributed by atoms with E-state index < -0.39 is 11.7 Å². The van der Waals surface area contributed by atoms with Crippen molar-refractivity contribution in [3.8, 4) is 0 Å². The first-order chi connectivity index (χ1) is 9.65. The molecule has 2 aliphatic heterocycles. The van der Waals surface area contributed by atoms with E-state index in [9.17, 15) is 9.18 Å². The first-order valence-corrected chi connectivity index (χ1v) is 6.94. The zero-order chi connectivity index (χ0) is 14.1. The Labute approximate surface area is 117 Å². The SMILES string of the molecule is NC(=O)c1cc(F)ccc1N1CCN(C2CNC2)CC1. The van der Waals surface area contributed by atoms with Gasteiger partial charge in [-0.05, 0) is 18.2 Å². The maximum Gasteiger partial charge on any atom is 0.250 e. The fraction of sp³-hybridized carbons (Fsp3) is 0.500. The van der Waals surface area contributed by atoms with Crippen molar-refractivity contribution in [2.45, 2.75) is 6.04 Å². The Hall–Kier alpha value is -1.66. The molecule has 2 fully saturated rings. The Balaban J connectivity index is 1.72. The van der Waals surface area contributed by atoms with Crippen LogP contribution >= 0.6 is 0 Å². The first-order valence-electron chi connectivity index (χ1n) is 6.94. The number of nitrogens with one attached hydrogen (secondary N) is 1. The number of hydrogen-bond acceptors (Lipinski definition) is 4. The van der Waals surface area contributed by atoms with E-state index in [4.69, 9.17) is 5.73 Å². The molecule has 5 nitrogen and oxygen atoms in total. The lowest BCUT2D eigenvalue weighted by Crippen LogP contribution is -2.61. The zero-order valence-corrected chi connectivity index (χ0v) is 11.3. The van der Waals surface area contributed by atoms with Gasteiger partial charge < -0.3 is 16.0 Å². The number of nitrogens with two attached hydrogens (primary N) is 1. The van der Waals surface area contributed by atoms with Gasteiger partial charge in [0.1, 0.15) is 5.82 Å². The summed E-state index contributed by atoms with van der Waals surface area (Å²) in [4.78, 5) is 16.0. The molecule has 0 unspecified atom stereocenters.